The smallest absolute Gasteiger partial charge is 0.180 e. The van der Waals surface area contributed by atoms with Gasteiger partial charge >= 0.3 is 0 Å². The van der Waals surface area contributed by atoms with E-state index in [4.69, 9.17) is 0 Å². The monoisotopic (exact) mass is 348 g/mol. The first-order chi connectivity index (χ1) is 10.8. The second-order valence-corrected chi connectivity index (χ2v) is 8.41. The molecular formula is C15H16N4O2S2. The van der Waals surface area contributed by atoms with Crippen LogP contribution in [0.15, 0.2) is 35.4 Å². The number of anilines is 1. The van der Waals surface area contributed by atoms with Gasteiger partial charge in [0.05, 0.1) is 23.0 Å². The summed E-state index contributed by atoms with van der Waals surface area (Å²) in [6, 6.07) is 7.91. The van der Waals surface area contributed by atoms with E-state index in [9.17, 15) is 8.42 Å². The number of benzene rings is 1. The quantitative estimate of drug-likeness (QED) is 0.721. The predicted octanol–water partition coefficient (Wildman–Crippen LogP) is 2.43. The Morgan fingerprint density at radius 2 is 1.96 bits per heavy atom. The average Bonchev–Trinajstić information content (AvgIpc) is 2.87. The molecule has 0 spiro atoms. The van der Waals surface area contributed by atoms with Gasteiger partial charge < -0.3 is 4.90 Å². The van der Waals surface area contributed by atoms with Crippen molar-refractivity contribution in [1.29, 1.82) is 0 Å². The number of hydrogen-bond donors (Lipinski definition) is 0. The minimum atomic E-state index is -3.40. The van der Waals surface area contributed by atoms with E-state index in [1.54, 1.807) is 23.2 Å². The summed E-state index contributed by atoms with van der Waals surface area (Å²) in [7, 11) is -1.59. The van der Waals surface area contributed by atoms with Crippen molar-refractivity contribution in [2.45, 2.75) is 18.4 Å². The molecule has 0 aliphatic heterocycles. The fraction of sp³-hybridized carbons (Fsp3) is 0.267. The van der Waals surface area contributed by atoms with Crippen LogP contribution in [-0.4, -0.2) is 36.7 Å². The molecule has 0 fully saturated rings. The first-order valence-corrected chi connectivity index (χ1v) is 9.64. The van der Waals surface area contributed by atoms with Gasteiger partial charge in [-0.1, -0.05) is 12.1 Å². The van der Waals surface area contributed by atoms with Crippen LogP contribution in [0.4, 0.5) is 5.82 Å². The third-order valence-electron chi connectivity index (χ3n) is 3.33. The van der Waals surface area contributed by atoms with Crippen molar-refractivity contribution < 1.29 is 8.42 Å². The maximum atomic E-state index is 11.9. The molecule has 0 unspecified atom stereocenters. The summed E-state index contributed by atoms with van der Waals surface area (Å²) in [5.41, 5.74) is 0.947. The zero-order valence-corrected chi connectivity index (χ0v) is 14.6. The van der Waals surface area contributed by atoms with E-state index in [1.807, 2.05) is 31.3 Å². The van der Waals surface area contributed by atoms with Gasteiger partial charge in [-0.25, -0.2) is 23.4 Å². The molecule has 1 aromatic carbocycles. The summed E-state index contributed by atoms with van der Waals surface area (Å²) in [4.78, 5) is 14.8. The van der Waals surface area contributed by atoms with Crippen LogP contribution < -0.4 is 4.90 Å². The number of thiazole rings is 1. The maximum absolute atomic E-state index is 11.9. The van der Waals surface area contributed by atoms with Crippen molar-refractivity contribution in [2.75, 3.05) is 18.2 Å². The lowest BCUT2D eigenvalue weighted by atomic mass is 10.3. The molecule has 3 aromatic rings. The molecule has 0 saturated heterocycles. The lowest BCUT2D eigenvalue weighted by Crippen LogP contribution is -2.21. The number of aryl methyl sites for hydroxylation is 1. The Balaban J connectivity index is 1.97. The van der Waals surface area contributed by atoms with Gasteiger partial charge in [0.15, 0.2) is 15.7 Å². The molecule has 8 heteroatoms. The van der Waals surface area contributed by atoms with Gasteiger partial charge in [0.1, 0.15) is 15.7 Å². The lowest BCUT2D eigenvalue weighted by Gasteiger charge is -2.19. The summed E-state index contributed by atoms with van der Waals surface area (Å²) in [6.07, 6.45) is 2.53. The minimum absolute atomic E-state index is 0.131. The molecule has 2 aromatic heterocycles. The Kier molecular flexibility index (Phi) is 4.03. The molecule has 0 aliphatic carbocycles. The molecule has 3 rings (SSSR count). The van der Waals surface area contributed by atoms with Crippen molar-refractivity contribution in [2.24, 2.45) is 0 Å². The van der Waals surface area contributed by atoms with Crippen LogP contribution in [0.5, 0.6) is 0 Å². The second kappa shape index (κ2) is 5.86. The number of nitrogens with zero attached hydrogens (tertiary/aromatic N) is 4. The molecule has 120 valence electrons. The minimum Gasteiger partial charge on any atom is -0.352 e. The topological polar surface area (TPSA) is 76.1 Å². The number of fused-ring (bicyclic) bond motifs is 1. The Hall–Kier alpha value is -2.06. The Bertz CT molecular complexity index is 934. The standard InChI is InChI=1S/C15H16N4O2S2/c1-10-16-8-13(23(3,20)21)15(17-10)19(2)9-14-18-11-6-4-5-7-12(11)22-14/h4-8H,9H2,1-3H3. The Labute approximate surface area is 138 Å². The maximum Gasteiger partial charge on any atom is 0.180 e. The number of sulfone groups is 1. The van der Waals surface area contributed by atoms with Gasteiger partial charge in [-0.2, -0.15) is 0 Å². The van der Waals surface area contributed by atoms with Crippen molar-refractivity contribution in [1.82, 2.24) is 15.0 Å². The van der Waals surface area contributed by atoms with Crippen molar-refractivity contribution in [3.05, 3.63) is 41.3 Å². The van der Waals surface area contributed by atoms with E-state index in [-0.39, 0.29) is 4.90 Å². The summed E-state index contributed by atoms with van der Waals surface area (Å²) in [5, 5.41) is 0.907. The highest BCUT2D eigenvalue weighted by Gasteiger charge is 2.19. The normalized spacial score (nSPS) is 11.8. The van der Waals surface area contributed by atoms with Gasteiger partial charge in [-0.05, 0) is 19.1 Å². The lowest BCUT2D eigenvalue weighted by molar-refractivity contribution is 0.600. The highest BCUT2D eigenvalue weighted by atomic mass is 32.2. The number of para-hydroxylation sites is 1. The highest BCUT2D eigenvalue weighted by molar-refractivity contribution is 7.90. The van der Waals surface area contributed by atoms with E-state index < -0.39 is 9.84 Å². The van der Waals surface area contributed by atoms with Crippen molar-refractivity contribution >= 4 is 37.2 Å². The van der Waals surface area contributed by atoms with Gasteiger partial charge in [0, 0.05) is 13.3 Å². The third-order valence-corrected chi connectivity index (χ3v) is 5.44. The summed E-state index contributed by atoms with van der Waals surface area (Å²) < 4.78 is 25.0. The molecule has 0 amide bonds. The Morgan fingerprint density at radius 3 is 2.65 bits per heavy atom. The molecule has 0 aliphatic rings. The Morgan fingerprint density at radius 1 is 1.22 bits per heavy atom. The van der Waals surface area contributed by atoms with E-state index in [0.717, 1.165) is 21.5 Å². The third kappa shape index (κ3) is 3.32. The average molecular weight is 348 g/mol. The fourth-order valence-corrected chi connectivity index (χ4v) is 4.05. The molecule has 0 saturated carbocycles. The fourth-order valence-electron chi connectivity index (χ4n) is 2.25. The number of aromatic nitrogens is 3. The molecule has 0 bridgehead atoms. The van der Waals surface area contributed by atoms with Crippen molar-refractivity contribution in [3.8, 4) is 0 Å². The van der Waals surface area contributed by atoms with Gasteiger partial charge in [-0.15, -0.1) is 11.3 Å². The van der Waals surface area contributed by atoms with Crippen LogP contribution in [0.3, 0.4) is 0 Å². The zero-order chi connectivity index (χ0) is 16.6. The predicted molar refractivity (Wildman–Crippen MR) is 91.6 cm³/mol. The SMILES string of the molecule is Cc1ncc(S(C)(=O)=O)c(N(C)Cc2nc3ccccc3s2)n1. The summed E-state index contributed by atoms with van der Waals surface area (Å²) >= 11 is 1.59. The summed E-state index contributed by atoms with van der Waals surface area (Å²) in [5.74, 6) is 0.933. The highest BCUT2D eigenvalue weighted by Crippen LogP contribution is 2.26. The molecule has 6 nitrogen and oxygen atoms in total. The van der Waals surface area contributed by atoms with Crippen LogP contribution >= 0.6 is 11.3 Å². The van der Waals surface area contributed by atoms with E-state index >= 15 is 0 Å². The molecule has 0 N–H and O–H groups in total. The largest absolute Gasteiger partial charge is 0.352 e. The van der Waals surface area contributed by atoms with E-state index in [2.05, 4.69) is 15.0 Å². The number of rotatable bonds is 4. The van der Waals surface area contributed by atoms with Gasteiger partial charge in [-0.3, -0.25) is 0 Å². The molecule has 0 radical (unpaired) electrons. The van der Waals surface area contributed by atoms with E-state index in [1.165, 1.54) is 6.20 Å². The van der Waals surface area contributed by atoms with Crippen LogP contribution in [0.2, 0.25) is 0 Å². The molecule has 2 heterocycles. The van der Waals surface area contributed by atoms with Crippen molar-refractivity contribution in [3.63, 3.8) is 0 Å². The van der Waals surface area contributed by atoms with Crippen LogP contribution in [0, 0.1) is 6.92 Å². The molecular weight excluding hydrogens is 332 g/mol. The first-order valence-electron chi connectivity index (χ1n) is 6.94. The summed E-state index contributed by atoms with van der Waals surface area (Å²) in [6.45, 7) is 2.22. The van der Waals surface area contributed by atoms with Gasteiger partial charge in [0.25, 0.3) is 0 Å². The van der Waals surface area contributed by atoms with Gasteiger partial charge in [0.2, 0.25) is 0 Å². The van der Waals surface area contributed by atoms with Crippen LogP contribution in [0.1, 0.15) is 10.8 Å². The zero-order valence-electron chi connectivity index (χ0n) is 13.0. The molecule has 23 heavy (non-hydrogen) atoms. The van der Waals surface area contributed by atoms with Crippen LogP contribution in [-0.2, 0) is 16.4 Å². The number of hydrogen-bond acceptors (Lipinski definition) is 7. The second-order valence-electron chi connectivity index (χ2n) is 5.31. The van der Waals surface area contributed by atoms with E-state index in [0.29, 0.717) is 18.2 Å². The first kappa shape index (κ1) is 15.8. The van der Waals surface area contributed by atoms with Crippen LogP contribution in [0.25, 0.3) is 10.2 Å². The molecule has 0 atom stereocenters.